The van der Waals surface area contributed by atoms with Crippen molar-refractivity contribution in [2.75, 3.05) is 13.1 Å². The molecule has 2 aromatic rings. The van der Waals surface area contributed by atoms with Gasteiger partial charge >= 0.3 is 0 Å². The van der Waals surface area contributed by atoms with Crippen LogP contribution in [-0.4, -0.2) is 24.2 Å². The van der Waals surface area contributed by atoms with Crippen molar-refractivity contribution >= 4 is 45.9 Å². The van der Waals surface area contributed by atoms with Gasteiger partial charge in [0.1, 0.15) is 17.2 Å². The van der Waals surface area contributed by atoms with Gasteiger partial charge < -0.3 is 20.2 Å². The summed E-state index contributed by atoms with van der Waals surface area (Å²) in [6.45, 7) is 4.63. The molecule has 1 atom stereocenters. The van der Waals surface area contributed by atoms with Gasteiger partial charge in [0.15, 0.2) is 5.96 Å². The molecule has 8 heteroatoms. The first-order valence-corrected chi connectivity index (χ1v) is 8.44. The predicted octanol–water partition coefficient (Wildman–Crippen LogP) is 3.76. The van der Waals surface area contributed by atoms with Crippen LogP contribution < -0.4 is 10.6 Å². The Bertz CT molecular complexity index is 693. The van der Waals surface area contributed by atoms with E-state index in [0.717, 1.165) is 0 Å². The molecule has 0 bridgehead atoms. The largest absolute Gasteiger partial charge is 0.466 e. The van der Waals surface area contributed by atoms with Gasteiger partial charge in [-0.15, -0.1) is 24.0 Å². The van der Waals surface area contributed by atoms with Crippen LogP contribution in [-0.2, 0) is 12.1 Å². The number of guanidine groups is 1. The van der Waals surface area contributed by atoms with E-state index < -0.39 is 5.60 Å². The molecule has 1 aromatic carbocycles. The lowest BCUT2D eigenvalue weighted by atomic mass is 10.0. The molecule has 1 unspecified atom stereocenters. The number of aliphatic imine (C=N–C) groups is 1. The lowest BCUT2D eigenvalue weighted by Gasteiger charge is -2.22. The van der Waals surface area contributed by atoms with Crippen molar-refractivity contribution in [3.63, 3.8) is 0 Å². The highest BCUT2D eigenvalue weighted by Gasteiger charge is 2.26. The fourth-order valence-electron chi connectivity index (χ4n) is 2.08. The van der Waals surface area contributed by atoms with E-state index in [0.29, 0.717) is 28.3 Å². The molecule has 0 aliphatic rings. The van der Waals surface area contributed by atoms with Crippen LogP contribution in [0.1, 0.15) is 25.2 Å². The molecule has 0 amide bonds. The number of aliphatic hydroxyl groups is 1. The van der Waals surface area contributed by atoms with Crippen LogP contribution in [0.5, 0.6) is 0 Å². The van der Waals surface area contributed by atoms with Crippen molar-refractivity contribution in [3.05, 3.63) is 58.2 Å². The minimum Gasteiger partial charge on any atom is -0.466 e. The minimum absolute atomic E-state index is 0. The van der Waals surface area contributed by atoms with Crippen LogP contribution in [0, 0.1) is 5.82 Å². The third-order valence-corrected chi connectivity index (χ3v) is 3.91. The predicted molar refractivity (Wildman–Crippen MR) is 111 cm³/mol. The molecular weight excluding hydrogens is 504 g/mol. The molecule has 1 aromatic heterocycles. The summed E-state index contributed by atoms with van der Waals surface area (Å²) >= 11 is 3.23. The SMILES string of the molecule is CCNC(=NCc1ccc(Br)cc1F)NCC(C)(O)c1ccco1.I. The average molecular weight is 526 g/mol. The second-order valence-corrected chi connectivity index (χ2v) is 6.45. The van der Waals surface area contributed by atoms with E-state index >= 15 is 0 Å². The van der Waals surface area contributed by atoms with Gasteiger partial charge in [0, 0.05) is 16.6 Å². The summed E-state index contributed by atoms with van der Waals surface area (Å²) in [6.07, 6.45) is 1.51. The van der Waals surface area contributed by atoms with Gasteiger partial charge in [-0.05, 0) is 38.1 Å². The summed E-state index contributed by atoms with van der Waals surface area (Å²) in [5, 5.41) is 16.6. The van der Waals surface area contributed by atoms with Crippen molar-refractivity contribution in [1.82, 2.24) is 10.6 Å². The molecule has 138 valence electrons. The van der Waals surface area contributed by atoms with E-state index in [1.54, 1.807) is 31.2 Å². The van der Waals surface area contributed by atoms with Gasteiger partial charge in [-0.2, -0.15) is 0 Å². The lowest BCUT2D eigenvalue weighted by Crippen LogP contribution is -2.44. The highest BCUT2D eigenvalue weighted by atomic mass is 127. The second kappa shape index (κ2) is 10.1. The van der Waals surface area contributed by atoms with Crippen LogP contribution in [0.4, 0.5) is 4.39 Å². The molecule has 5 nitrogen and oxygen atoms in total. The number of nitrogens with zero attached hydrogens (tertiary/aromatic N) is 1. The lowest BCUT2D eigenvalue weighted by molar-refractivity contribution is 0.0386. The molecular formula is C17H22BrFIN3O2. The van der Waals surface area contributed by atoms with Crippen LogP contribution in [0.15, 0.2) is 50.5 Å². The van der Waals surface area contributed by atoms with E-state index in [9.17, 15) is 9.50 Å². The first-order valence-electron chi connectivity index (χ1n) is 7.65. The number of hydrogen-bond acceptors (Lipinski definition) is 3. The number of benzene rings is 1. The van der Waals surface area contributed by atoms with E-state index in [1.807, 2.05) is 6.92 Å². The van der Waals surface area contributed by atoms with Crippen LogP contribution in [0.25, 0.3) is 0 Å². The van der Waals surface area contributed by atoms with Gasteiger partial charge in [-0.1, -0.05) is 22.0 Å². The molecule has 1 heterocycles. The maximum Gasteiger partial charge on any atom is 0.191 e. The van der Waals surface area contributed by atoms with Crippen molar-refractivity contribution in [1.29, 1.82) is 0 Å². The highest BCUT2D eigenvalue weighted by Crippen LogP contribution is 2.20. The Hall–Kier alpha value is -1.13. The summed E-state index contributed by atoms with van der Waals surface area (Å²) in [7, 11) is 0. The molecule has 0 radical (unpaired) electrons. The third kappa shape index (κ3) is 6.59. The molecule has 0 saturated heterocycles. The zero-order valence-corrected chi connectivity index (χ0v) is 18.0. The Morgan fingerprint density at radius 1 is 1.36 bits per heavy atom. The fraction of sp³-hybridized carbons (Fsp3) is 0.353. The molecule has 0 aliphatic heterocycles. The summed E-state index contributed by atoms with van der Waals surface area (Å²) in [4.78, 5) is 4.36. The first kappa shape index (κ1) is 21.9. The standard InChI is InChI=1S/C17H21BrFN3O2.HI/c1-3-20-16(21-10-12-6-7-13(18)9-14(12)19)22-11-17(2,23)15-5-4-8-24-15;/h4-9,23H,3,10-11H2,1-2H3,(H2,20,21,22);1H. The summed E-state index contributed by atoms with van der Waals surface area (Å²) in [6, 6.07) is 8.30. The molecule has 0 aliphatic carbocycles. The number of nitrogens with one attached hydrogen (secondary N) is 2. The van der Waals surface area contributed by atoms with Crippen molar-refractivity contribution in [2.45, 2.75) is 26.0 Å². The Kier molecular flexibility index (Phi) is 8.87. The monoisotopic (exact) mass is 525 g/mol. The number of rotatable bonds is 6. The molecule has 0 spiro atoms. The zero-order chi connectivity index (χ0) is 17.6. The van der Waals surface area contributed by atoms with E-state index in [-0.39, 0.29) is 42.9 Å². The first-order chi connectivity index (χ1) is 11.4. The maximum absolute atomic E-state index is 13.9. The zero-order valence-electron chi connectivity index (χ0n) is 14.1. The maximum atomic E-state index is 13.9. The second-order valence-electron chi connectivity index (χ2n) is 5.54. The Morgan fingerprint density at radius 3 is 2.72 bits per heavy atom. The van der Waals surface area contributed by atoms with Gasteiger partial charge in [-0.25, -0.2) is 9.38 Å². The quantitative estimate of drug-likeness (QED) is 0.305. The van der Waals surface area contributed by atoms with Crippen molar-refractivity contribution in [3.8, 4) is 0 Å². The molecule has 0 saturated carbocycles. The highest BCUT2D eigenvalue weighted by molar-refractivity contribution is 14.0. The summed E-state index contributed by atoms with van der Waals surface area (Å²) < 4.78 is 19.8. The summed E-state index contributed by atoms with van der Waals surface area (Å²) in [5.41, 5.74) is -0.684. The number of hydrogen-bond donors (Lipinski definition) is 3. The normalized spacial score (nSPS) is 13.7. The molecule has 25 heavy (non-hydrogen) atoms. The Labute approximate surface area is 172 Å². The number of halogens is 3. The van der Waals surface area contributed by atoms with E-state index in [2.05, 4.69) is 31.6 Å². The van der Waals surface area contributed by atoms with Crippen LogP contribution >= 0.6 is 39.9 Å². The molecule has 2 rings (SSSR count). The molecule has 3 N–H and O–H groups in total. The van der Waals surface area contributed by atoms with Gasteiger partial charge in [-0.3, -0.25) is 0 Å². The van der Waals surface area contributed by atoms with Gasteiger partial charge in [0.25, 0.3) is 0 Å². The van der Waals surface area contributed by atoms with Crippen LogP contribution in [0.2, 0.25) is 0 Å². The number of furan rings is 1. The summed E-state index contributed by atoms with van der Waals surface area (Å²) in [5.74, 6) is 0.642. The topological polar surface area (TPSA) is 69.8 Å². The fourth-order valence-corrected chi connectivity index (χ4v) is 2.42. The molecule has 0 fully saturated rings. The van der Waals surface area contributed by atoms with Crippen LogP contribution in [0.3, 0.4) is 0 Å². The van der Waals surface area contributed by atoms with Gasteiger partial charge in [0.2, 0.25) is 0 Å². The van der Waals surface area contributed by atoms with E-state index in [4.69, 9.17) is 4.42 Å². The van der Waals surface area contributed by atoms with Gasteiger partial charge in [0.05, 0.1) is 19.4 Å². The van der Waals surface area contributed by atoms with Crippen molar-refractivity contribution in [2.24, 2.45) is 4.99 Å². The minimum atomic E-state index is -1.18. The Balaban J connectivity index is 0.00000312. The Morgan fingerprint density at radius 2 is 2.12 bits per heavy atom. The van der Waals surface area contributed by atoms with E-state index in [1.165, 1.54) is 12.3 Å². The average Bonchev–Trinajstić information content (AvgIpc) is 3.07. The third-order valence-electron chi connectivity index (χ3n) is 3.42. The van der Waals surface area contributed by atoms with Crippen molar-refractivity contribution < 1.29 is 13.9 Å². The smallest absolute Gasteiger partial charge is 0.191 e.